The van der Waals surface area contributed by atoms with Crippen molar-refractivity contribution >= 4 is 0 Å². The molecule has 1 unspecified atom stereocenters. The first-order valence-electron chi connectivity index (χ1n) is 8.42. The van der Waals surface area contributed by atoms with Crippen LogP contribution in [-0.4, -0.2) is 24.8 Å². The van der Waals surface area contributed by atoms with Crippen LogP contribution < -0.4 is 5.32 Å². The van der Waals surface area contributed by atoms with Crippen LogP contribution >= 0.6 is 0 Å². The second-order valence-electron chi connectivity index (χ2n) is 6.66. The first-order valence-corrected chi connectivity index (χ1v) is 8.42. The molecule has 0 heterocycles. The van der Waals surface area contributed by atoms with E-state index in [1.807, 2.05) is 0 Å². The van der Waals surface area contributed by atoms with E-state index in [9.17, 15) is 0 Å². The largest absolute Gasteiger partial charge is 0.374 e. The zero-order valence-corrected chi connectivity index (χ0v) is 13.8. The van der Waals surface area contributed by atoms with Gasteiger partial charge in [0.05, 0.1) is 5.60 Å². The molecule has 0 aromatic heterocycles. The minimum atomic E-state index is -0.0480. The molecule has 1 rings (SSSR count). The lowest BCUT2D eigenvalue weighted by molar-refractivity contribution is -0.0586. The van der Waals surface area contributed by atoms with Crippen molar-refractivity contribution in [2.24, 2.45) is 11.8 Å². The normalized spacial score (nSPS) is 26.4. The van der Waals surface area contributed by atoms with Gasteiger partial charge in [-0.1, -0.05) is 33.1 Å². The van der Waals surface area contributed by atoms with Crippen LogP contribution in [0.5, 0.6) is 0 Å². The Kier molecular flexibility index (Phi) is 7.38. The standard InChI is InChI=1S/C17H35NO/c1-6-13-18-16(17(4,5)19-8-3)15-11-9-14(7-2)10-12-15/h14-16,18H,6-13H2,1-5H3. The van der Waals surface area contributed by atoms with Crippen molar-refractivity contribution in [3.63, 3.8) is 0 Å². The van der Waals surface area contributed by atoms with Crippen molar-refractivity contribution in [1.29, 1.82) is 0 Å². The maximum Gasteiger partial charge on any atom is 0.0781 e. The molecule has 0 radical (unpaired) electrons. The van der Waals surface area contributed by atoms with Gasteiger partial charge in [0.15, 0.2) is 0 Å². The zero-order valence-electron chi connectivity index (χ0n) is 13.8. The number of hydrogen-bond donors (Lipinski definition) is 1. The lowest BCUT2D eigenvalue weighted by atomic mass is 9.73. The van der Waals surface area contributed by atoms with E-state index in [2.05, 4.69) is 39.9 Å². The summed E-state index contributed by atoms with van der Waals surface area (Å²) in [4.78, 5) is 0. The third-order valence-electron chi connectivity index (χ3n) is 4.82. The molecule has 1 aliphatic carbocycles. The van der Waals surface area contributed by atoms with Crippen LogP contribution in [0.25, 0.3) is 0 Å². The predicted octanol–water partition coefficient (Wildman–Crippen LogP) is 4.39. The first-order chi connectivity index (χ1) is 9.05. The number of ether oxygens (including phenoxy) is 1. The number of rotatable bonds is 8. The maximum absolute atomic E-state index is 6.03. The van der Waals surface area contributed by atoms with Crippen LogP contribution in [0.1, 0.15) is 73.1 Å². The highest BCUT2D eigenvalue weighted by Gasteiger charge is 2.37. The van der Waals surface area contributed by atoms with E-state index in [4.69, 9.17) is 4.74 Å². The SMILES string of the molecule is CCCNC(C1CCC(CC)CC1)C(C)(C)OCC. The quantitative estimate of drug-likeness (QED) is 0.706. The fourth-order valence-corrected chi connectivity index (χ4v) is 3.67. The molecule has 2 heteroatoms. The second-order valence-corrected chi connectivity index (χ2v) is 6.66. The molecule has 19 heavy (non-hydrogen) atoms. The molecule has 1 atom stereocenters. The lowest BCUT2D eigenvalue weighted by Gasteiger charge is -2.42. The number of nitrogens with one attached hydrogen (secondary N) is 1. The summed E-state index contributed by atoms with van der Waals surface area (Å²) in [5.41, 5.74) is -0.0480. The van der Waals surface area contributed by atoms with E-state index in [1.165, 1.54) is 38.5 Å². The Morgan fingerprint density at radius 3 is 2.21 bits per heavy atom. The Balaban J connectivity index is 2.63. The molecule has 1 N–H and O–H groups in total. The van der Waals surface area contributed by atoms with Crippen molar-refractivity contribution in [3.05, 3.63) is 0 Å². The van der Waals surface area contributed by atoms with Gasteiger partial charge in [0, 0.05) is 12.6 Å². The summed E-state index contributed by atoms with van der Waals surface area (Å²) in [6.07, 6.45) is 8.12. The second kappa shape index (κ2) is 8.26. The topological polar surface area (TPSA) is 21.3 Å². The minimum absolute atomic E-state index is 0.0480. The predicted molar refractivity (Wildman–Crippen MR) is 83.5 cm³/mol. The van der Waals surface area contributed by atoms with Crippen molar-refractivity contribution in [1.82, 2.24) is 5.32 Å². The molecule has 114 valence electrons. The average molecular weight is 269 g/mol. The van der Waals surface area contributed by atoms with Gasteiger partial charge >= 0.3 is 0 Å². The molecule has 0 saturated heterocycles. The molecule has 0 aromatic rings. The Bertz CT molecular complexity index is 231. The van der Waals surface area contributed by atoms with Crippen LogP contribution in [0.3, 0.4) is 0 Å². The van der Waals surface area contributed by atoms with Gasteiger partial charge in [0.1, 0.15) is 0 Å². The van der Waals surface area contributed by atoms with Gasteiger partial charge in [-0.2, -0.15) is 0 Å². The minimum Gasteiger partial charge on any atom is -0.374 e. The molecular formula is C17H35NO. The highest BCUT2D eigenvalue weighted by atomic mass is 16.5. The van der Waals surface area contributed by atoms with Gasteiger partial charge in [-0.25, -0.2) is 0 Å². The van der Waals surface area contributed by atoms with Gasteiger partial charge in [0.2, 0.25) is 0 Å². The average Bonchev–Trinajstić information content (AvgIpc) is 2.39. The van der Waals surface area contributed by atoms with Gasteiger partial charge in [-0.05, 0) is 58.4 Å². The van der Waals surface area contributed by atoms with Gasteiger partial charge in [-0.3, -0.25) is 0 Å². The highest BCUT2D eigenvalue weighted by Crippen LogP contribution is 2.36. The molecule has 1 fully saturated rings. The highest BCUT2D eigenvalue weighted by molar-refractivity contribution is 4.93. The maximum atomic E-state index is 6.03. The zero-order chi connectivity index (χ0) is 14.3. The van der Waals surface area contributed by atoms with Gasteiger partial charge < -0.3 is 10.1 Å². The van der Waals surface area contributed by atoms with E-state index >= 15 is 0 Å². The lowest BCUT2D eigenvalue weighted by Crippen LogP contribution is -2.53. The van der Waals surface area contributed by atoms with E-state index < -0.39 is 0 Å². The van der Waals surface area contributed by atoms with Gasteiger partial charge in [0.25, 0.3) is 0 Å². The molecule has 1 saturated carbocycles. The summed E-state index contributed by atoms with van der Waals surface area (Å²) < 4.78 is 6.03. The van der Waals surface area contributed by atoms with Crippen LogP contribution in [0.4, 0.5) is 0 Å². The fourth-order valence-electron chi connectivity index (χ4n) is 3.67. The fraction of sp³-hybridized carbons (Fsp3) is 1.00. The van der Waals surface area contributed by atoms with Crippen molar-refractivity contribution in [2.45, 2.75) is 84.8 Å². The molecule has 0 spiro atoms. The number of hydrogen-bond acceptors (Lipinski definition) is 2. The molecule has 2 nitrogen and oxygen atoms in total. The van der Waals surface area contributed by atoms with Crippen LogP contribution in [0.2, 0.25) is 0 Å². The summed E-state index contributed by atoms with van der Waals surface area (Å²) in [5, 5.41) is 3.77. The molecule has 0 amide bonds. The van der Waals surface area contributed by atoms with Crippen molar-refractivity contribution in [3.8, 4) is 0 Å². The summed E-state index contributed by atoms with van der Waals surface area (Å²) in [6, 6.07) is 0.505. The van der Waals surface area contributed by atoms with E-state index in [1.54, 1.807) is 0 Å². The Morgan fingerprint density at radius 1 is 1.11 bits per heavy atom. The Labute approximate surface area is 120 Å². The van der Waals surface area contributed by atoms with E-state index in [0.29, 0.717) is 6.04 Å². The molecule has 1 aliphatic rings. The summed E-state index contributed by atoms with van der Waals surface area (Å²) in [6.45, 7) is 13.1. The summed E-state index contributed by atoms with van der Waals surface area (Å²) >= 11 is 0. The van der Waals surface area contributed by atoms with Crippen molar-refractivity contribution in [2.75, 3.05) is 13.2 Å². The third kappa shape index (κ3) is 5.07. The van der Waals surface area contributed by atoms with Crippen LogP contribution in [0.15, 0.2) is 0 Å². The molecular weight excluding hydrogens is 234 g/mol. The van der Waals surface area contributed by atoms with E-state index in [-0.39, 0.29) is 5.60 Å². The van der Waals surface area contributed by atoms with E-state index in [0.717, 1.165) is 25.0 Å². The smallest absolute Gasteiger partial charge is 0.0781 e. The summed E-state index contributed by atoms with van der Waals surface area (Å²) in [7, 11) is 0. The molecule has 0 aromatic carbocycles. The van der Waals surface area contributed by atoms with Crippen LogP contribution in [0, 0.1) is 11.8 Å². The Hall–Kier alpha value is -0.0800. The first kappa shape index (κ1) is 17.0. The third-order valence-corrected chi connectivity index (χ3v) is 4.82. The van der Waals surface area contributed by atoms with Crippen molar-refractivity contribution < 1.29 is 4.74 Å². The monoisotopic (exact) mass is 269 g/mol. The van der Waals surface area contributed by atoms with Crippen LogP contribution in [-0.2, 0) is 4.74 Å². The molecule has 0 bridgehead atoms. The summed E-state index contributed by atoms with van der Waals surface area (Å²) in [5.74, 6) is 1.76. The van der Waals surface area contributed by atoms with Gasteiger partial charge in [-0.15, -0.1) is 0 Å². The molecule has 0 aliphatic heterocycles. The Morgan fingerprint density at radius 2 is 1.74 bits per heavy atom.